The number of aryl methyl sites for hydroxylation is 2. The van der Waals surface area contributed by atoms with Crippen LogP contribution in [0.3, 0.4) is 0 Å². The van der Waals surface area contributed by atoms with Crippen molar-refractivity contribution in [3.63, 3.8) is 0 Å². The number of aromatic nitrogens is 1. The Kier molecular flexibility index (Phi) is 5.94. The molecular formula is C23H22F3N3O2S. The van der Waals surface area contributed by atoms with Crippen LogP contribution in [0.5, 0.6) is 0 Å². The van der Waals surface area contributed by atoms with Gasteiger partial charge >= 0.3 is 6.18 Å². The van der Waals surface area contributed by atoms with Crippen molar-refractivity contribution in [1.82, 2.24) is 9.88 Å². The van der Waals surface area contributed by atoms with E-state index in [4.69, 9.17) is 0 Å². The third kappa shape index (κ3) is 4.77. The van der Waals surface area contributed by atoms with Gasteiger partial charge in [-0.15, -0.1) is 0 Å². The summed E-state index contributed by atoms with van der Waals surface area (Å²) in [6.07, 6.45) is -4.73. The quantitative estimate of drug-likeness (QED) is 0.546. The molecule has 2 amide bonds. The van der Waals surface area contributed by atoms with Crippen molar-refractivity contribution in [3.8, 4) is 0 Å². The van der Waals surface area contributed by atoms with E-state index >= 15 is 0 Å². The number of carbonyl (C=O) groups excluding carboxylic acids is 2. The molecule has 0 radical (unpaired) electrons. The molecule has 3 aromatic rings. The number of likely N-dealkylation sites (tertiary alicyclic amines) is 1. The molecular weight excluding hydrogens is 439 g/mol. The highest BCUT2D eigenvalue weighted by molar-refractivity contribution is 7.22. The first kappa shape index (κ1) is 22.3. The highest BCUT2D eigenvalue weighted by atomic mass is 32.1. The van der Waals surface area contributed by atoms with Crippen LogP contribution < -0.4 is 4.90 Å². The number of fused-ring (bicyclic) bond motifs is 1. The van der Waals surface area contributed by atoms with Gasteiger partial charge in [0.25, 0.3) is 0 Å². The van der Waals surface area contributed by atoms with E-state index in [1.54, 1.807) is 0 Å². The topological polar surface area (TPSA) is 53.5 Å². The molecule has 1 saturated heterocycles. The first-order chi connectivity index (χ1) is 15.1. The van der Waals surface area contributed by atoms with E-state index in [2.05, 4.69) is 4.98 Å². The largest absolute Gasteiger partial charge is 0.406 e. The lowest BCUT2D eigenvalue weighted by molar-refractivity contribution is -0.157. The molecule has 5 nitrogen and oxygen atoms in total. The van der Waals surface area contributed by atoms with E-state index in [1.807, 2.05) is 56.3 Å². The van der Waals surface area contributed by atoms with Crippen molar-refractivity contribution in [3.05, 3.63) is 59.2 Å². The molecule has 2 aromatic carbocycles. The average Bonchev–Trinajstić information content (AvgIpc) is 3.29. The molecule has 1 fully saturated rings. The summed E-state index contributed by atoms with van der Waals surface area (Å²) in [7, 11) is 0. The van der Waals surface area contributed by atoms with E-state index < -0.39 is 24.5 Å². The third-order valence-electron chi connectivity index (χ3n) is 5.43. The Balaban J connectivity index is 1.66. The van der Waals surface area contributed by atoms with E-state index in [-0.39, 0.29) is 25.4 Å². The Hall–Kier alpha value is -2.94. The highest BCUT2D eigenvalue weighted by Gasteiger charge is 2.42. The van der Waals surface area contributed by atoms with Gasteiger partial charge in [-0.25, -0.2) is 4.98 Å². The minimum Gasteiger partial charge on any atom is -0.333 e. The smallest absolute Gasteiger partial charge is 0.333 e. The number of halogens is 3. The zero-order valence-electron chi connectivity index (χ0n) is 17.6. The standard InChI is InChI=1S/C23H22F3N3O2S/c1-14-8-15(2)20-18(9-14)32-22(27-20)29(11-16-6-4-3-5-7-16)21(31)17-10-19(30)28(12-17)13-23(24,25)26/h3-9,17H,10-13H2,1-2H3. The van der Waals surface area contributed by atoms with Gasteiger partial charge in [0.2, 0.25) is 11.8 Å². The molecule has 9 heteroatoms. The fourth-order valence-electron chi connectivity index (χ4n) is 4.01. The normalized spacial score (nSPS) is 16.7. The maximum atomic E-state index is 13.5. The minimum atomic E-state index is -4.50. The van der Waals surface area contributed by atoms with Crippen LogP contribution in [0.1, 0.15) is 23.1 Å². The molecule has 0 aliphatic carbocycles. The predicted octanol–water partition coefficient (Wildman–Crippen LogP) is 4.86. The van der Waals surface area contributed by atoms with E-state index in [0.717, 1.165) is 31.8 Å². The van der Waals surface area contributed by atoms with Crippen LogP contribution in [0.2, 0.25) is 0 Å². The summed E-state index contributed by atoms with van der Waals surface area (Å²) in [6.45, 7) is 2.58. The highest BCUT2D eigenvalue weighted by Crippen LogP contribution is 2.34. The fourth-order valence-corrected chi connectivity index (χ4v) is 5.15. The zero-order chi connectivity index (χ0) is 23.0. The second-order valence-corrected chi connectivity index (χ2v) is 9.13. The van der Waals surface area contributed by atoms with Crippen molar-refractivity contribution in [2.75, 3.05) is 18.0 Å². The summed E-state index contributed by atoms with van der Waals surface area (Å²) in [4.78, 5) is 32.5. The van der Waals surface area contributed by atoms with Crippen molar-refractivity contribution in [1.29, 1.82) is 0 Å². The molecule has 1 aliphatic heterocycles. The number of alkyl halides is 3. The number of anilines is 1. The Bertz CT molecular complexity index is 1160. The summed E-state index contributed by atoms with van der Waals surface area (Å²) >= 11 is 1.37. The van der Waals surface area contributed by atoms with Crippen LogP contribution >= 0.6 is 11.3 Å². The lowest BCUT2D eigenvalue weighted by Gasteiger charge is -2.24. The predicted molar refractivity (Wildman–Crippen MR) is 117 cm³/mol. The zero-order valence-corrected chi connectivity index (χ0v) is 18.5. The van der Waals surface area contributed by atoms with Gasteiger partial charge in [0.1, 0.15) is 6.54 Å². The molecule has 168 valence electrons. The number of hydrogen-bond donors (Lipinski definition) is 0. The molecule has 32 heavy (non-hydrogen) atoms. The summed E-state index contributed by atoms with van der Waals surface area (Å²) < 4.78 is 39.4. The van der Waals surface area contributed by atoms with E-state index in [9.17, 15) is 22.8 Å². The molecule has 2 heterocycles. The van der Waals surface area contributed by atoms with E-state index in [0.29, 0.717) is 5.13 Å². The van der Waals surface area contributed by atoms with Crippen LogP contribution in [-0.4, -0.2) is 41.0 Å². The molecule has 0 N–H and O–H groups in total. The first-order valence-electron chi connectivity index (χ1n) is 10.2. The first-order valence-corrected chi connectivity index (χ1v) is 11.0. The van der Waals surface area contributed by atoms with Gasteiger partial charge in [-0.1, -0.05) is 47.7 Å². The van der Waals surface area contributed by atoms with Crippen LogP contribution in [0.25, 0.3) is 10.2 Å². The second kappa shape index (κ2) is 8.54. The Morgan fingerprint density at radius 1 is 1.22 bits per heavy atom. The van der Waals surface area contributed by atoms with Gasteiger partial charge in [0.05, 0.1) is 22.7 Å². The summed E-state index contributed by atoms with van der Waals surface area (Å²) in [5.41, 5.74) is 3.73. The van der Waals surface area contributed by atoms with Gasteiger partial charge in [0, 0.05) is 13.0 Å². The molecule has 0 spiro atoms. The van der Waals surface area contributed by atoms with Crippen LogP contribution in [0.15, 0.2) is 42.5 Å². The minimum absolute atomic E-state index is 0.224. The van der Waals surface area contributed by atoms with Crippen LogP contribution in [-0.2, 0) is 16.1 Å². The van der Waals surface area contributed by atoms with Gasteiger partial charge in [-0.2, -0.15) is 13.2 Å². The summed E-state index contributed by atoms with van der Waals surface area (Å²) in [5, 5.41) is 0.476. The van der Waals surface area contributed by atoms with Crippen molar-refractivity contribution in [2.45, 2.75) is 33.0 Å². The molecule has 1 aliphatic rings. The summed E-state index contributed by atoms with van der Waals surface area (Å²) in [6, 6.07) is 13.3. The fraction of sp³-hybridized carbons (Fsp3) is 0.348. The molecule has 1 unspecified atom stereocenters. The average molecular weight is 462 g/mol. The second-order valence-electron chi connectivity index (χ2n) is 8.13. The van der Waals surface area contributed by atoms with E-state index in [1.165, 1.54) is 16.2 Å². The van der Waals surface area contributed by atoms with Gasteiger partial charge in [-0.05, 0) is 36.6 Å². The number of thiazole rings is 1. The molecule has 0 saturated carbocycles. The van der Waals surface area contributed by atoms with Crippen LogP contribution in [0, 0.1) is 19.8 Å². The molecule has 0 bridgehead atoms. The Morgan fingerprint density at radius 2 is 1.94 bits per heavy atom. The summed E-state index contributed by atoms with van der Waals surface area (Å²) in [5.74, 6) is -1.89. The molecule has 4 rings (SSSR count). The number of carbonyl (C=O) groups is 2. The SMILES string of the molecule is Cc1cc(C)c2nc(N(Cc3ccccc3)C(=O)C3CC(=O)N(CC(F)(F)F)C3)sc2c1. The lowest BCUT2D eigenvalue weighted by Crippen LogP contribution is -2.39. The number of rotatable bonds is 5. The number of amides is 2. The Labute approximate surface area is 187 Å². The van der Waals surface area contributed by atoms with Crippen molar-refractivity contribution in [2.24, 2.45) is 5.92 Å². The number of nitrogens with zero attached hydrogens (tertiary/aromatic N) is 3. The maximum absolute atomic E-state index is 13.5. The third-order valence-corrected chi connectivity index (χ3v) is 6.46. The van der Waals surface area contributed by atoms with Crippen molar-refractivity contribution < 1.29 is 22.8 Å². The van der Waals surface area contributed by atoms with Gasteiger partial charge in [-0.3, -0.25) is 14.5 Å². The maximum Gasteiger partial charge on any atom is 0.406 e. The molecule has 1 atom stereocenters. The van der Waals surface area contributed by atoms with Crippen LogP contribution in [0.4, 0.5) is 18.3 Å². The van der Waals surface area contributed by atoms with Gasteiger partial charge < -0.3 is 4.90 Å². The number of hydrogen-bond acceptors (Lipinski definition) is 4. The van der Waals surface area contributed by atoms with Crippen molar-refractivity contribution >= 4 is 38.5 Å². The Morgan fingerprint density at radius 3 is 2.62 bits per heavy atom. The monoisotopic (exact) mass is 461 g/mol. The molecule has 1 aromatic heterocycles. The lowest BCUT2D eigenvalue weighted by atomic mass is 10.1. The number of benzene rings is 2. The van der Waals surface area contributed by atoms with Gasteiger partial charge in [0.15, 0.2) is 5.13 Å².